The Morgan fingerprint density at radius 3 is 3.00 bits per heavy atom. The van der Waals surface area contributed by atoms with Gasteiger partial charge in [0.25, 0.3) is 0 Å². The lowest BCUT2D eigenvalue weighted by molar-refractivity contribution is 0.173. The molecule has 0 saturated carbocycles. The summed E-state index contributed by atoms with van der Waals surface area (Å²) in [5.74, 6) is 1.03. The van der Waals surface area contributed by atoms with Gasteiger partial charge in [0.1, 0.15) is 11.9 Å². The van der Waals surface area contributed by atoms with E-state index in [0.717, 1.165) is 38.2 Å². The Bertz CT molecular complexity index is 445. The van der Waals surface area contributed by atoms with Gasteiger partial charge in [0, 0.05) is 6.42 Å². The highest BCUT2D eigenvalue weighted by Crippen LogP contribution is 2.32. The molecular weight excluding hydrogens is 238 g/mol. The van der Waals surface area contributed by atoms with Gasteiger partial charge in [0.05, 0.1) is 18.9 Å². The van der Waals surface area contributed by atoms with E-state index in [1.54, 1.807) is 0 Å². The van der Waals surface area contributed by atoms with Crippen LogP contribution in [-0.4, -0.2) is 25.3 Å². The molecule has 1 aromatic carbocycles. The highest BCUT2D eigenvalue weighted by atomic mass is 16.5. The first kappa shape index (κ1) is 12.5. The van der Waals surface area contributed by atoms with E-state index in [2.05, 4.69) is 30.4 Å². The lowest BCUT2D eigenvalue weighted by atomic mass is 9.94. The molecular formula is C16H21NO2. The Labute approximate surface area is 114 Å². The Balaban J connectivity index is 1.77. The van der Waals surface area contributed by atoms with Crippen molar-refractivity contribution < 1.29 is 9.47 Å². The van der Waals surface area contributed by atoms with Crippen molar-refractivity contribution in [3.8, 4) is 5.75 Å². The molecule has 3 heteroatoms. The molecule has 102 valence electrons. The first-order valence-electron chi connectivity index (χ1n) is 7.17. The van der Waals surface area contributed by atoms with Crippen LogP contribution >= 0.6 is 0 Å². The van der Waals surface area contributed by atoms with Crippen molar-refractivity contribution in [1.82, 2.24) is 5.32 Å². The largest absolute Gasteiger partial charge is 0.501 e. The highest BCUT2D eigenvalue weighted by molar-refractivity contribution is 5.38. The quantitative estimate of drug-likeness (QED) is 0.901. The van der Waals surface area contributed by atoms with E-state index < -0.39 is 0 Å². The summed E-state index contributed by atoms with van der Waals surface area (Å²) in [7, 11) is 0. The minimum Gasteiger partial charge on any atom is -0.501 e. The van der Waals surface area contributed by atoms with Gasteiger partial charge in [0.2, 0.25) is 0 Å². The molecule has 3 nitrogen and oxygen atoms in total. The van der Waals surface area contributed by atoms with Crippen molar-refractivity contribution in [2.24, 2.45) is 0 Å². The van der Waals surface area contributed by atoms with Gasteiger partial charge >= 0.3 is 0 Å². The average Bonchev–Trinajstić information content (AvgIpc) is 2.89. The van der Waals surface area contributed by atoms with Crippen LogP contribution < -0.4 is 10.1 Å². The van der Waals surface area contributed by atoms with E-state index in [1.807, 2.05) is 12.3 Å². The van der Waals surface area contributed by atoms with Crippen LogP contribution in [-0.2, 0) is 11.2 Å². The predicted molar refractivity (Wildman–Crippen MR) is 75.3 cm³/mol. The Morgan fingerprint density at radius 1 is 1.37 bits per heavy atom. The summed E-state index contributed by atoms with van der Waals surface area (Å²) in [6.45, 7) is 3.92. The molecule has 0 saturated heterocycles. The molecule has 0 spiro atoms. The van der Waals surface area contributed by atoms with Gasteiger partial charge in [-0.1, -0.05) is 25.1 Å². The number of fused-ring (bicyclic) bond motifs is 1. The molecule has 2 atom stereocenters. The first-order valence-corrected chi connectivity index (χ1v) is 7.17. The molecule has 1 N–H and O–H groups in total. The zero-order valence-corrected chi connectivity index (χ0v) is 11.4. The molecule has 2 aliphatic heterocycles. The maximum atomic E-state index is 6.12. The van der Waals surface area contributed by atoms with Crippen molar-refractivity contribution in [2.45, 2.75) is 38.3 Å². The van der Waals surface area contributed by atoms with Crippen LogP contribution in [0.25, 0.3) is 0 Å². The third kappa shape index (κ3) is 2.61. The fourth-order valence-electron chi connectivity index (χ4n) is 2.93. The third-order valence-electron chi connectivity index (χ3n) is 3.83. The van der Waals surface area contributed by atoms with E-state index in [4.69, 9.17) is 9.47 Å². The fraction of sp³-hybridized carbons (Fsp3) is 0.500. The molecule has 0 radical (unpaired) electrons. The molecule has 0 aliphatic carbocycles. The maximum absolute atomic E-state index is 6.12. The van der Waals surface area contributed by atoms with Crippen LogP contribution in [0.4, 0.5) is 0 Å². The van der Waals surface area contributed by atoms with Gasteiger partial charge in [-0.2, -0.15) is 0 Å². The minimum atomic E-state index is 0.185. The molecule has 0 fully saturated rings. The number of para-hydroxylation sites is 1. The van der Waals surface area contributed by atoms with Crippen molar-refractivity contribution >= 4 is 0 Å². The minimum absolute atomic E-state index is 0.185. The lowest BCUT2D eigenvalue weighted by Gasteiger charge is -2.28. The first-order chi connectivity index (χ1) is 9.38. The van der Waals surface area contributed by atoms with Crippen LogP contribution in [0, 0.1) is 0 Å². The van der Waals surface area contributed by atoms with Crippen LogP contribution in [0.3, 0.4) is 0 Å². The zero-order chi connectivity index (χ0) is 13.1. The summed E-state index contributed by atoms with van der Waals surface area (Å²) in [5.41, 5.74) is 2.65. The van der Waals surface area contributed by atoms with Crippen LogP contribution in [0.1, 0.15) is 25.3 Å². The van der Waals surface area contributed by atoms with E-state index >= 15 is 0 Å². The summed E-state index contributed by atoms with van der Waals surface area (Å²) in [6.07, 6.45) is 5.31. The van der Waals surface area contributed by atoms with E-state index in [-0.39, 0.29) is 12.1 Å². The lowest BCUT2D eigenvalue weighted by Crippen LogP contribution is -2.44. The fourth-order valence-corrected chi connectivity index (χ4v) is 2.93. The summed E-state index contributed by atoms with van der Waals surface area (Å²) in [4.78, 5) is 0. The van der Waals surface area contributed by atoms with E-state index in [9.17, 15) is 0 Å². The van der Waals surface area contributed by atoms with Crippen LogP contribution in [0.5, 0.6) is 5.75 Å². The summed E-state index contributed by atoms with van der Waals surface area (Å²) >= 11 is 0. The molecule has 0 bridgehead atoms. The molecule has 0 amide bonds. The highest BCUT2D eigenvalue weighted by Gasteiger charge is 2.32. The Hall–Kier alpha value is -1.48. The van der Waals surface area contributed by atoms with Gasteiger partial charge in [-0.05, 0) is 36.6 Å². The number of ether oxygens (including phenoxy) is 2. The number of rotatable bonds is 4. The topological polar surface area (TPSA) is 30.5 Å². The van der Waals surface area contributed by atoms with Gasteiger partial charge in [-0.25, -0.2) is 0 Å². The molecule has 2 aliphatic rings. The third-order valence-corrected chi connectivity index (χ3v) is 3.83. The van der Waals surface area contributed by atoms with E-state index in [0.29, 0.717) is 0 Å². The van der Waals surface area contributed by atoms with Crippen molar-refractivity contribution in [3.05, 3.63) is 41.7 Å². The Kier molecular flexibility index (Phi) is 3.74. The van der Waals surface area contributed by atoms with Gasteiger partial charge in [-0.3, -0.25) is 0 Å². The summed E-state index contributed by atoms with van der Waals surface area (Å²) in [5, 5.41) is 3.56. The van der Waals surface area contributed by atoms with Crippen molar-refractivity contribution in [2.75, 3.05) is 13.2 Å². The predicted octanol–water partition coefficient (Wildman–Crippen LogP) is 2.66. The van der Waals surface area contributed by atoms with E-state index in [1.165, 1.54) is 11.1 Å². The summed E-state index contributed by atoms with van der Waals surface area (Å²) < 4.78 is 11.6. The molecule has 3 rings (SSSR count). The van der Waals surface area contributed by atoms with Gasteiger partial charge in [-0.15, -0.1) is 0 Å². The van der Waals surface area contributed by atoms with Gasteiger partial charge < -0.3 is 14.8 Å². The smallest absolute Gasteiger partial charge is 0.123 e. The SMILES string of the molecule is CCNC(C1=COCCC1)C1Cc2ccccc2O1. The second kappa shape index (κ2) is 5.66. The second-order valence-corrected chi connectivity index (χ2v) is 5.17. The zero-order valence-electron chi connectivity index (χ0n) is 11.4. The molecule has 1 aromatic rings. The maximum Gasteiger partial charge on any atom is 0.123 e. The standard InChI is InChI=1S/C16H21NO2/c1-2-17-16(13-7-5-9-18-11-13)15-10-12-6-3-4-8-14(12)19-15/h3-4,6,8,11,15-17H,2,5,7,9-10H2,1H3. The van der Waals surface area contributed by atoms with Crippen LogP contribution in [0.2, 0.25) is 0 Å². The number of benzene rings is 1. The molecule has 0 aromatic heterocycles. The normalized spacial score (nSPS) is 23.0. The summed E-state index contributed by atoms with van der Waals surface area (Å²) in [6, 6.07) is 8.59. The van der Waals surface area contributed by atoms with Crippen molar-refractivity contribution in [1.29, 1.82) is 0 Å². The van der Waals surface area contributed by atoms with Gasteiger partial charge in [0.15, 0.2) is 0 Å². The van der Waals surface area contributed by atoms with Crippen molar-refractivity contribution in [3.63, 3.8) is 0 Å². The second-order valence-electron chi connectivity index (χ2n) is 5.17. The number of hydrogen-bond acceptors (Lipinski definition) is 3. The molecule has 2 unspecified atom stereocenters. The molecule has 19 heavy (non-hydrogen) atoms. The average molecular weight is 259 g/mol. The van der Waals surface area contributed by atoms with Crippen LogP contribution in [0.15, 0.2) is 36.1 Å². The molecule has 2 heterocycles. The number of nitrogens with one attached hydrogen (secondary N) is 1. The monoisotopic (exact) mass is 259 g/mol. The number of likely N-dealkylation sites (N-methyl/N-ethyl adjacent to an activating group) is 1. The number of hydrogen-bond donors (Lipinski definition) is 1. The Morgan fingerprint density at radius 2 is 2.26 bits per heavy atom.